The quantitative estimate of drug-likeness (QED) is 0.415. The normalized spacial score (nSPS) is 16.1. The number of carbonyl (C=O) groups excluding carboxylic acids is 2. The Hall–Kier alpha value is -4.32. The number of benzene rings is 3. The van der Waals surface area contributed by atoms with Gasteiger partial charge in [-0.1, -0.05) is 60.7 Å². The van der Waals surface area contributed by atoms with Gasteiger partial charge in [0.1, 0.15) is 11.3 Å². The molecule has 6 nitrogen and oxygen atoms in total. The predicted octanol–water partition coefficient (Wildman–Crippen LogP) is 4.96. The Balaban J connectivity index is 1.54. The molecular formula is C27H21NO5. The van der Waals surface area contributed by atoms with Gasteiger partial charge in [0.15, 0.2) is 11.5 Å². The van der Waals surface area contributed by atoms with Crippen LogP contribution in [0, 0.1) is 0 Å². The molecule has 5 rings (SSSR count). The lowest BCUT2D eigenvalue weighted by molar-refractivity contribution is -0.129. The van der Waals surface area contributed by atoms with Gasteiger partial charge in [0, 0.05) is 11.9 Å². The van der Waals surface area contributed by atoms with Crippen molar-refractivity contribution in [2.45, 2.75) is 12.5 Å². The van der Waals surface area contributed by atoms with Crippen molar-refractivity contribution in [3.63, 3.8) is 0 Å². The minimum Gasteiger partial charge on any atom is -0.508 e. The van der Waals surface area contributed by atoms with E-state index in [1.165, 1.54) is 17.0 Å². The van der Waals surface area contributed by atoms with Crippen LogP contribution < -0.4 is 0 Å². The summed E-state index contributed by atoms with van der Waals surface area (Å²) in [4.78, 5) is 28.1. The summed E-state index contributed by atoms with van der Waals surface area (Å²) in [5, 5.41) is 21.3. The number of Topliss-reactive ketones (excluding diaryl/α,β-unsaturated/α-hetero) is 1. The Bertz CT molecular complexity index is 1340. The average molecular weight is 439 g/mol. The van der Waals surface area contributed by atoms with Crippen LogP contribution in [-0.4, -0.2) is 33.3 Å². The van der Waals surface area contributed by atoms with Gasteiger partial charge in [-0.05, 0) is 41.8 Å². The lowest BCUT2D eigenvalue weighted by Crippen LogP contribution is -2.33. The fourth-order valence-electron chi connectivity index (χ4n) is 4.24. The number of hydrogen-bond acceptors (Lipinski definition) is 5. The number of rotatable bonds is 6. The summed E-state index contributed by atoms with van der Waals surface area (Å²) in [6, 6.07) is 24.0. The molecule has 33 heavy (non-hydrogen) atoms. The van der Waals surface area contributed by atoms with Crippen LogP contribution >= 0.6 is 0 Å². The van der Waals surface area contributed by atoms with Gasteiger partial charge in [-0.3, -0.25) is 9.59 Å². The molecule has 1 aliphatic rings. The summed E-state index contributed by atoms with van der Waals surface area (Å²) in [6.45, 7) is 0.301. The SMILES string of the molecule is O=C(C1=C(O)C(=O)N(CCc2ccccc2)C1c1ccc(O)cc1)c1cc2ccccc2o1. The standard InChI is InChI=1S/C27H21NO5/c29-20-12-10-18(11-13-20)24-23(25(30)22-16-19-8-4-5-9-21(19)33-22)26(31)27(32)28(24)15-14-17-6-2-1-3-7-17/h1-13,16,24,29,31H,14-15H2. The number of furan rings is 1. The van der Waals surface area contributed by atoms with E-state index in [4.69, 9.17) is 4.42 Å². The third-order valence-corrected chi connectivity index (χ3v) is 5.89. The number of aliphatic hydroxyl groups is 1. The van der Waals surface area contributed by atoms with E-state index in [2.05, 4.69) is 0 Å². The van der Waals surface area contributed by atoms with Gasteiger partial charge in [0.2, 0.25) is 5.78 Å². The maximum Gasteiger partial charge on any atom is 0.290 e. The number of aliphatic hydroxyl groups excluding tert-OH is 1. The monoisotopic (exact) mass is 439 g/mol. The fraction of sp³-hybridized carbons (Fsp3) is 0.111. The van der Waals surface area contributed by atoms with Crippen LogP contribution in [0.5, 0.6) is 5.75 Å². The predicted molar refractivity (Wildman–Crippen MR) is 123 cm³/mol. The van der Waals surface area contributed by atoms with E-state index >= 15 is 0 Å². The van der Waals surface area contributed by atoms with Crippen LogP contribution in [0.15, 0.2) is 101 Å². The number of ketones is 1. The third-order valence-electron chi connectivity index (χ3n) is 5.89. The van der Waals surface area contributed by atoms with Crippen molar-refractivity contribution in [3.05, 3.63) is 113 Å². The molecule has 0 radical (unpaired) electrons. The first-order chi connectivity index (χ1) is 16.0. The number of aromatic hydroxyl groups is 1. The zero-order chi connectivity index (χ0) is 22.9. The zero-order valence-electron chi connectivity index (χ0n) is 17.6. The van der Waals surface area contributed by atoms with Gasteiger partial charge in [-0.2, -0.15) is 0 Å². The number of carbonyl (C=O) groups is 2. The van der Waals surface area contributed by atoms with Crippen LogP contribution in [0.25, 0.3) is 11.0 Å². The number of phenols is 1. The third kappa shape index (κ3) is 3.76. The van der Waals surface area contributed by atoms with E-state index in [-0.39, 0.29) is 17.1 Å². The number of fused-ring (bicyclic) bond motifs is 1. The summed E-state index contributed by atoms with van der Waals surface area (Å²) in [7, 11) is 0. The minimum absolute atomic E-state index is 0.0298. The maximum absolute atomic E-state index is 13.5. The van der Waals surface area contributed by atoms with E-state index in [1.807, 2.05) is 42.5 Å². The summed E-state index contributed by atoms with van der Waals surface area (Å²) < 4.78 is 5.73. The molecular weight excluding hydrogens is 418 g/mol. The molecule has 1 amide bonds. The summed E-state index contributed by atoms with van der Waals surface area (Å²) >= 11 is 0. The highest BCUT2D eigenvalue weighted by Gasteiger charge is 2.44. The zero-order valence-corrected chi connectivity index (χ0v) is 17.6. The first-order valence-electron chi connectivity index (χ1n) is 10.6. The second-order valence-electron chi connectivity index (χ2n) is 7.97. The number of amides is 1. The summed E-state index contributed by atoms with van der Waals surface area (Å²) in [5.74, 6) is -1.61. The molecule has 6 heteroatoms. The molecule has 0 bridgehead atoms. The van der Waals surface area contributed by atoms with Crippen molar-refractivity contribution >= 4 is 22.7 Å². The van der Waals surface area contributed by atoms with Gasteiger partial charge >= 0.3 is 0 Å². The second kappa shape index (κ2) is 8.31. The lowest BCUT2D eigenvalue weighted by atomic mass is 9.94. The number of nitrogens with zero attached hydrogens (tertiary/aromatic N) is 1. The van der Waals surface area contributed by atoms with Crippen LogP contribution in [0.3, 0.4) is 0 Å². The molecule has 1 aromatic heterocycles. The van der Waals surface area contributed by atoms with E-state index in [0.717, 1.165) is 10.9 Å². The molecule has 164 valence electrons. The largest absolute Gasteiger partial charge is 0.508 e. The maximum atomic E-state index is 13.5. The molecule has 0 aliphatic carbocycles. The van der Waals surface area contributed by atoms with Crippen molar-refractivity contribution in [1.29, 1.82) is 0 Å². The van der Waals surface area contributed by atoms with Crippen molar-refractivity contribution in [3.8, 4) is 5.75 Å². The molecule has 2 N–H and O–H groups in total. The lowest BCUT2D eigenvalue weighted by Gasteiger charge is -2.26. The highest BCUT2D eigenvalue weighted by atomic mass is 16.3. The first kappa shape index (κ1) is 20.6. The van der Waals surface area contributed by atoms with Gasteiger partial charge < -0.3 is 19.5 Å². The smallest absolute Gasteiger partial charge is 0.290 e. The average Bonchev–Trinajstić information content (AvgIpc) is 3.38. The second-order valence-corrected chi connectivity index (χ2v) is 7.97. The summed E-state index contributed by atoms with van der Waals surface area (Å²) in [5.41, 5.74) is 2.16. The fourth-order valence-corrected chi connectivity index (χ4v) is 4.24. The Morgan fingerprint density at radius 2 is 1.61 bits per heavy atom. The van der Waals surface area contributed by atoms with E-state index in [1.54, 1.807) is 30.3 Å². The van der Waals surface area contributed by atoms with E-state index in [9.17, 15) is 19.8 Å². The van der Waals surface area contributed by atoms with Crippen LogP contribution in [0.2, 0.25) is 0 Å². The molecule has 1 unspecified atom stereocenters. The van der Waals surface area contributed by atoms with Crippen molar-refractivity contribution in [2.24, 2.45) is 0 Å². The van der Waals surface area contributed by atoms with Gasteiger partial charge in [-0.25, -0.2) is 0 Å². The molecule has 3 aromatic carbocycles. The molecule has 2 heterocycles. The number of para-hydroxylation sites is 1. The molecule has 1 aliphatic heterocycles. The van der Waals surface area contributed by atoms with Crippen molar-refractivity contribution in [2.75, 3.05) is 6.54 Å². The van der Waals surface area contributed by atoms with Crippen LogP contribution in [0.1, 0.15) is 27.7 Å². The van der Waals surface area contributed by atoms with Crippen molar-refractivity contribution < 1.29 is 24.2 Å². The Kier molecular flexibility index (Phi) is 5.18. The molecule has 0 saturated carbocycles. The number of hydrogen-bond donors (Lipinski definition) is 2. The number of phenolic OH excluding ortho intramolecular Hbond substituents is 1. The van der Waals surface area contributed by atoms with Gasteiger partial charge in [0.25, 0.3) is 5.91 Å². The summed E-state index contributed by atoms with van der Waals surface area (Å²) in [6.07, 6.45) is 0.556. The van der Waals surface area contributed by atoms with Gasteiger partial charge in [-0.15, -0.1) is 0 Å². The molecule has 1 atom stereocenters. The van der Waals surface area contributed by atoms with Crippen LogP contribution in [-0.2, 0) is 11.2 Å². The minimum atomic E-state index is -0.803. The van der Waals surface area contributed by atoms with Crippen molar-refractivity contribution in [1.82, 2.24) is 4.90 Å². The highest BCUT2D eigenvalue weighted by Crippen LogP contribution is 2.40. The van der Waals surface area contributed by atoms with Gasteiger partial charge in [0.05, 0.1) is 11.6 Å². The topological polar surface area (TPSA) is 91.0 Å². The van der Waals surface area contributed by atoms with E-state index in [0.29, 0.717) is 24.1 Å². The Labute approximate surface area is 190 Å². The van der Waals surface area contributed by atoms with Crippen LogP contribution in [0.4, 0.5) is 0 Å². The van der Waals surface area contributed by atoms with E-state index < -0.39 is 23.5 Å². The Morgan fingerprint density at radius 1 is 0.909 bits per heavy atom. The molecule has 0 saturated heterocycles. The Morgan fingerprint density at radius 3 is 2.33 bits per heavy atom. The highest BCUT2D eigenvalue weighted by molar-refractivity contribution is 6.16. The first-order valence-corrected chi connectivity index (χ1v) is 10.6. The molecule has 0 fully saturated rings. The molecule has 0 spiro atoms. The molecule has 4 aromatic rings.